The van der Waals surface area contributed by atoms with Crippen molar-refractivity contribution in [3.05, 3.63) is 39.7 Å². The Morgan fingerprint density at radius 1 is 1.48 bits per heavy atom. The van der Waals surface area contributed by atoms with E-state index in [1.807, 2.05) is 0 Å². The Balaban J connectivity index is 2.42. The number of anilines is 1. The van der Waals surface area contributed by atoms with Crippen molar-refractivity contribution in [3.8, 4) is 0 Å². The number of halogens is 2. The lowest BCUT2D eigenvalue weighted by molar-refractivity contribution is 0.185. The molecule has 1 aromatic carbocycles. The fourth-order valence-electron chi connectivity index (χ4n) is 1.71. The average Bonchev–Trinajstić information content (AvgIpc) is 2.74. The van der Waals surface area contributed by atoms with Crippen molar-refractivity contribution < 1.29 is 13.2 Å². The van der Waals surface area contributed by atoms with Gasteiger partial charge in [0.05, 0.1) is 18.6 Å². The minimum absolute atomic E-state index is 0.0470. The molecule has 21 heavy (non-hydrogen) atoms. The molecule has 0 aliphatic heterocycles. The summed E-state index contributed by atoms with van der Waals surface area (Å²) in [6.07, 6.45) is 1.34. The Morgan fingerprint density at radius 3 is 2.76 bits per heavy atom. The highest BCUT2D eigenvalue weighted by atomic mass is 79.9. The predicted octanol–water partition coefficient (Wildman–Crippen LogP) is 2.78. The summed E-state index contributed by atoms with van der Waals surface area (Å²) in [7, 11) is -0.721. The number of hydrogen-bond donors (Lipinski definition) is 1. The standard InChI is InChI=1S/C12H13BrClN3O3S/c1-17-7-15-12(11(17)14)21(18,19)16-10-5-3-4-9(13)8(10)6-20-2/h3-5,7,16H,6H2,1-2H3. The molecule has 0 aliphatic rings. The molecule has 0 fully saturated rings. The van der Waals surface area contributed by atoms with Crippen LogP contribution in [0.1, 0.15) is 5.56 Å². The van der Waals surface area contributed by atoms with Crippen LogP contribution < -0.4 is 4.72 Å². The summed E-state index contributed by atoms with van der Waals surface area (Å²) < 4.78 is 34.5. The lowest BCUT2D eigenvalue weighted by atomic mass is 10.2. The van der Waals surface area contributed by atoms with Crippen LogP contribution in [0.5, 0.6) is 0 Å². The normalized spacial score (nSPS) is 11.6. The van der Waals surface area contributed by atoms with Crippen molar-refractivity contribution in [1.82, 2.24) is 9.55 Å². The molecular weight excluding hydrogens is 382 g/mol. The minimum atomic E-state index is -3.87. The molecule has 0 bridgehead atoms. The molecule has 2 rings (SSSR count). The van der Waals surface area contributed by atoms with Crippen LogP contribution in [0.4, 0.5) is 5.69 Å². The van der Waals surface area contributed by atoms with E-state index in [0.717, 1.165) is 4.47 Å². The molecule has 0 saturated carbocycles. The van der Waals surface area contributed by atoms with Crippen LogP contribution in [0.3, 0.4) is 0 Å². The van der Waals surface area contributed by atoms with Gasteiger partial charge in [-0.05, 0) is 12.1 Å². The van der Waals surface area contributed by atoms with Crippen molar-refractivity contribution in [2.45, 2.75) is 11.6 Å². The van der Waals surface area contributed by atoms with Gasteiger partial charge in [-0.25, -0.2) is 4.98 Å². The number of aromatic nitrogens is 2. The zero-order valence-electron chi connectivity index (χ0n) is 11.3. The quantitative estimate of drug-likeness (QED) is 0.846. The Hall–Kier alpha value is -1.09. The number of rotatable bonds is 5. The molecule has 0 radical (unpaired) electrons. The van der Waals surface area contributed by atoms with Gasteiger partial charge in [-0.15, -0.1) is 0 Å². The third kappa shape index (κ3) is 3.39. The molecule has 0 aliphatic carbocycles. The monoisotopic (exact) mass is 393 g/mol. The van der Waals surface area contributed by atoms with Gasteiger partial charge in [0.1, 0.15) is 5.15 Å². The maximum Gasteiger partial charge on any atom is 0.282 e. The molecule has 0 unspecified atom stereocenters. The Labute approximate surface area is 136 Å². The average molecular weight is 395 g/mol. The van der Waals surface area contributed by atoms with E-state index in [1.165, 1.54) is 18.0 Å². The smallest absolute Gasteiger partial charge is 0.282 e. The molecule has 114 valence electrons. The van der Waals surface area contributed by atoms with Gasteiger partial charge in [-0.3, -0.25) is 4.72 Å². The van der Waals surface area contributed by atoms with Gasteiger partial charge in [0.25, 0.3) is 10.0 Å². The van der Waals surface area contributed by atoms with Crippen molar-refractivity contribution in [3.63, 3.8) is 0 Å². The summed E-state index contributed by atoms with van der Waals surface area (Å²) in [6, 6.07) is 5.18. The third-order valence-electron chi connectivity index (χ3n) is 2.74. The van der Waals surface area contributed by atoms with Gasteiger partial charge in [-0.1, -0.05) is 33.6 Å². The predicted molar refractivity (Wildman–Crippen MR) is 83.9 cm³/mol. The van der Waals surface area contributed by atoms with Crippen LogP contribution in [-0.4, -0.2) is 25.1 Å². The number of nitrogens with one attached hydrogen (secondary N) is 1. The Morgan fingerprint density at radius 2 is 2.19 bits per heavy atom. The lowest BCUT2D eigenvalue weighted by Crippen LogP contribution is -2.15. The summed E-state index contributed by atoms with van der Waals surface area (Å²) in [5.41, 5.74) is 1.10. The fraction of sp³-hybridized carbons (Fsp3) is 0.250. The summed E-state index contributed by atoms with van der Waals surface area (Å²) >= 11 is 9.31. The Bertz CT molecular complexity index is 761. The number of imidazole rings is 1. The molecule has 1 heterocycles. The summed E-state index contributed by atoms with van der Waals surface area (Å²) in [6.45, 7) is 0.259. The maximum atomic E-state index is 12.4. The van der Waals surface area contributed by atoms with Gasteiger partial charge in [0.2, 0.25) is 5.03 Å². The van der Waals surface area contributed by atoms with E-state index in [0.29, 0.717) is 11.3 Å². The third-order valence-corrected chi connectivity index (χ3v) is 5.34. The van der Waals surface area contributed by atoms with Crippen molar-refractivity contribution in [2.24, 2.45) is 7.05 Å². The molecule has 2 aromatic rings. The SMILES string of the molecule is COCc1c(Br)cccc1NS(=O)(=O)c1ncn(C)c1Cl. The number of methoxy groups -OCH3 is 1. The van der Waals surface area contributed by atoms with Gasteiger partial charge >= 0.3 is 0 Å². The second-order valence-electron chi connectivity index (χ2n) is 4.26. The second kappa shape index (κ2) is 6.35. The molecule has 0 spiro atoms. The number of nitrogens with zero attached hydrogens (tertiary/aromatic N) is 2. The van der Waals surface area contributed by atoms with Crippen LogP contribution in [0.15, 0.2) is 34.0 Å². The number of aryl methyl sites for hydroxylation is 1. The van der Waals surface area contributed by atoms with Gasteiger partial charge in [-0.2, -0.15) is 8.42 Å². The topological polar surface area (TPSA) is 73.2 Å². The van der Waals surface area contributed by atoms with E-state index >= 15 is 0 Å². The zero-order chi connectivity index (χ0) is 15.6. The number of sulfonamides is 1. The number of hydrogen-bond acceptors (Lipinski definition) is 4. The summed E-state index contributed by atoms with van der Waals surface area (Å²) in [4.78, 5) is 3.82. The number of benzene rings is 1. The zero-order valence-corrected chi connectivity index (χ0v) is 14.5. The van der Waals surface area contributed by atoms with Crippen LogP contribution in [-0.2, 0) is 28.4 Å². The first kappa shape index (κ1) is 16.3. The van der Waals surface area contributed by atoms with Crippen molar-refractivity contribution >= 4 is 43.2 Å². The minimum Gasteiger partial charge on any atom is -0.380 e. The van der Waals surface area contributed by atoms with Crippen LogP contribution >= 0.6 is 27.5 Å². The first-order valence-corrected chi connectivity index (χ1v) is 8.48. The van der Waals surface area contributed by atoms with Gasteiger partial charge < -0.3 is 9.30 Å². The maximum absolute atomic E-state index is 12.4. The molecule has 9 heteroatoms. The molecule has 0 amide bonds. The fourth-order valence-corrected chi connectivity index (χ4v) is 3.72. The van der Waals surface area contributed by atoms with Crippen LogP contribution in [0.25, 0.3) is 0 Å². The van der Waals surface area contributed by atoms with E-state index < -0.39 is 10.0 Å². The van der Waals surface area contributed by atoms with E-state index in [4.69, 9.17) is 16.3 Å². The first-order valence-electron chi connectivity index (χ1n) is 5.82. The second-order valence-corrected chi connectivity index (χ2v) is 7.07. The molecule has 0 saturated heterocycles. The largest absolute Gasteiger partial charge is 0.380 e. The summed E-state index contributed by atoms with van der Waals surface area (Å²) in [5, 5.41) is -0.166. The van der Waals surface area contributed by atoms with E-state index in [1.54, 1.807) is 25.2 Å². The van der Waals surface area contributed by atoms with Crippen molar-refractivity contribution in [2.75, 3.05) is 11.8 Å². The highest BCUT2D eigenvalue weighted by Gasteiger charge is 2.23. The molecular formula is C12H13BrClN3O3S. The molecule has 6 nitrogen and oxygen atoms in total. The van der Waals surface area contributed by atoms with Crippen molar-refractivity contribution in [1.29, 1.82) is 0 Å². The molecule has 0 atom stereocenters. The number of ether oxygens (including phenoxy) is 1. The highest BCUT2D eigenvalue weighted by Crippen LogP contribution is 2.28. The lowest BCUT2D eigenvalue weighted by Gasteiger charge is -2.13. The van der Waals surface area contributed by atoms with E-state index in [-0.39, 0.29) is 16.8 Å². The van der Waals surface area contributed by atoms with E-state index in [9.17, 15) is 8.42 Å². The van der Waals surface area contributed by atoms with Crippen LogP contribution in [0, 0.1) is 0 Å². The first-order chi connectivity index (χ1) is 9.86. The van der Waals surface area contributed by atoms with E-state index in [2.05, 4.69) is 25.6 Å². The molecule has 1 aromatic heterocycles. The summed E-state index contributed by atoms with van der Waals surface area (Å²) in [5.74, 6) is 0. The van der Waals surface area contributed by atoms with Gasteiger partial charge in [0.15, 0.2) is 0 Å². The van der Waals surface area contributed by atoms with Gasteiger partial charge in [0, 0.05) is 24.2 Å². The molecule has 1 N–H and O–H groups in total. The Kier molecular flexibility index (Phi) is 4.92. The van der Waals surface area contributed by atoms with Crippen LogP contribution in [0.2, 0.25) is 5.15 Å². The highest BCUT2D eigenvalue weighted by molar-refractivity contribution is 9.10.